The first-order chi connectivity index (χ1) is 7.25. The van der Waals surface area contributed by atoms with Crippen LogP contribution in [0.1, 0.15) is 5.56 Å². The van der Waals surface area contributed by atoms with E-state index in [9.17, 15) is 4.39 Å². The molecule has 0 aliphatic rings. The van der Waals surface area contributed by atoms with Crippen LogP contribution in [0.4, 0.5) is 4.39 Å². The highest BCUT2D eigenvalue weighted by Crippen LogP contribution is 2.22. The zero-order valence-electron chi connectivity index (χ0n) is 8.27. The molecule has 0 aliphatic carbocycles. The Kier molecular flexibility index (Phi) is 2.63. The topological polar surface area (TPSA) is 22.1 Å². The molecule has 0 radical (unpaired) electrons. The number of benzene rings is 1. The van der Waals surface area contributed by atoms with E-state index in [4.69, 9.17) is 4.74 Å². The van der Waals surface area contributed by atoms with E-state index >= 15 is 0 Å². The highest BCUT2D eigenvalue weighted by Gasteiger charge is 2.04. The lowest BCUT2D eigenvalue weighted by Gasteiger charge is -2.05. The second kappa shape index (κ2) is 4.09. The van der Waals surface area contributed by atoms with E-state index in [1.165, 1.54) is 6.07 Å². The predicted molar refractivity (Wildman–Crippen MR) is 55.4 cm³/mol. The van der Waals surface area contributed by atoms with Crippen LogP contribution in [-0.2, 0) is 0 Å². The van der Waals surface area contributed by atoms with Gasteiger partial charge < -0.3 is 4.74 Å². The standard InChI is InChI=1S/C12H10FNO/c1-9-5-6-11(10(13)8-9)15-12-4-2-3-7-14-12/h2-8H,1H3. The predicted octanol–water partition coefficient (Wildman–Crippen LogP) is 3.32. The van der Waals surface area contributed by atoms with Crippen molar-refractivity contribution in [2.75, 3.05) is 0 Å². The maximum atomic E-state index is 13.4. The number of pyridine rings is 1. The molecule has 2 aromatic rings. The van der Waals surface area contributed by atoms with Gasteiger partial charge in [-0.2, -0.15) is 0 Å². The molecule has 3 heteroatoms. The molecule has 0 spiro atoms. The first-order valence-corrected chi connectivity index (χ1v) is 4.61. The number of nitrogens with zero attached hydrogens (tertiary/aromatic N) is 1. The van der Waals surface area contributed by atoms with Gasteiger partial charge >= 0.3 is 0 Å². The summed E-state index contributed by atoms with van der Waals surface area (Å²) in [5, 5.41) is 0. The Hall–Kier alpha value is -1.90. The molecule has 0 atom stereocenters. The molecule has 0 bridgehead atoms. The molecule has 0 saturated heterocycles. The highest BCUT2D eigenvalue weighted by atomic mass is 19.1. The second-order valence-corrected chi connectivity index (χ2v) is 3.20. The largest absolute Gasteiger partial charge is 0.436 e. The quantitative estimate of drug-likeness (QED) is 0.746. The third kappa shape index (κ3) is 2.31. The second-order valence-electron chi connectivity index (χ2n) is 3.20. The lowest BCUT2D eigenvalue weighted by atomic mass is 10.2. The molecule has 0 amide bonds. The van der Waals surface area contributed by atoms with Crippen molar-refractivity contribution in [3.8, 4) is 11.6 Å². The molecule has 2 nitrogen and oxygen atoms in total. The Morgan fingerprint density at radius 1 is 1.20 bits per heavy atom. The van der Waals surface area contributed by atoms with Gasteiger partial charge in [0.25, 0.3) is 0 Å². The summed E-state index contributed by atoms with van der Waals surface area (Å²) in [4.78, 5) is 3.95. The van der Waals surface area contributed by atoms with Gasteiger partial charge in [0.2, 0.25) is 5.88 Å². The van der Waals surface area contributed by atoms with Gasteiger partial charge in [-0.3, -0.25) is 0 Å². The van der Waals surface area contributed by atoms with Crippen molar-refractivity contribution in [1.82, 2.24) is 4.98 Å². The van der Waals surface area contributed by atoms with Gasteiger partial charge in [0.1, 0.15) is 0 Å². The molecule has 1 aromatic carbocycles. The van der Waals surface area contributed by atoms with Gasteiger partial charge in [-0.25, -0.2) is 9.37 Å². The van der Waals surface area contributed by atoms with Gasteiger partial charge in [-0.05, 0) is 30.7 Å². The lowest BCUT2D eigenvalue weighted by molar-refractivity contribution is 0.427. The fraction of sp³-hybridized carbons (Fsp3) is 0.0833. The summed E-state index contributed by atoms with van der Waals surface area (Å²) in [5.41, 5.74) is 0.862. The number of rotatable bonds is 2. The maximum absolute atomic E-state index is 13.4. The molecular formula is C12H10FNO. The van der Waals surface area contributed by atoms with Crippen LogP contribution < -0.4 is 4.74 Å². The molecule has 0 saturated carbocycles. The molecule has 0 N–H and O–H groups in total. The van der Waals surface area contributed by atoms with Crippen molar-refractivity contribution in [2.45, 2.75) is 6.92 Å². The number of aromatic nitrogens is 1. The van der Waals surface area contributed by atoms with Gasteiger partial charge in [-0.1, -0.05) is 12.1 Å². The third-order valence-corrected chi connectivity index (χ3v) is 1.94. The van der Waals surface area contributed by atoms with Crippen LogP contribution in [0.15, 0.2) is 42.6 Å². The number of halogens is 1. The first-order valence-electron chi connectivity index (χ1n) is 4.61. The Morgan fingerprint density at radius 2 is 2.07 bits per heavy atom. The van der Waals surface area contributed by atoms with Crippen LogP contribution in [-0.4, -0.2) is 4.98 Å². The summed E-state index contributed by atoms with van der Waals surface area (Å²) in [6.45, 7) is 1.83. The molecule has 0 unspecified atom stereocenters. The summed E-state index contributed by atoms with van der Waals surface area (Å²) < 4.78 is 18.7. The highest BCUT2D eigenvalue weighted by molar-refractivity contribution is 5.31. The van der Waals surface area contributed by atoms with Crippen LogP contribution in [0.2, 0.25) is 0 Å². The maximum Gasteiger partial charge on any atom is 0.219 e. The third-order valence-electron chi connectivity index (χ3n) is 1.94. The van der Waals surface area contributed by atoms with Crippen LogP contribution in [0.3, 0.4) is 0 Å². The van der Waals surface area contributed by atoms with Crippen molar-refractivity contribution in [2.24, 2.45) is 0 Å². The zero-order valence-corrected chi connectivity index (χ0v) is 8.27. The van der Waals surface area contributed by atoms with Gasteiger partial charge in [-0.15, -0.1) is 0 Å². The molecule has 2 rings (SSSR count). The number of hydrogen-bond acceptors (Lipinski definition) is 2. The SMILES string of the molecule is Cc1ccc(Oc2ccccn2)c(F)c1. The van der Waals surface area contributed by atoms with Crippen LogP contribution in [0.5, 0.6) is 11.6 Å². The van der Waals surface area contributed by atoms with Crippen LogP contribution >= 0.6 is 0 Å². The van der Waals surface area contributed by atoms with Crippen LogP contribution in [0, 0.1) is 12.7 Å². The van der Waals surface area contributed by atoms with E-state index < -0.39 is 0 Å². The molecule has 0 fully saturated rings. The molecule has 0 aliphatic heterocycles. The summed E-state index contributed by atoms with van der Waals surface area (Å²) in [6, 6.07) is 10.1. The van der Waals surface area contributed by atoms with Crippen molar-refractivity contribution >= 4 is 0 Å². The monoisotopic (exact) mass is 203 g/mol. The summed E-state index contributed by atoms with van der Waals surface area (Å²) in [6.07, 6.45) is 1.60. The molecule has 76 valence electrons. The molecule has 1 heterocycles. The molecule has 15 heavy (non-hydrogen) atoms. The first kappa shape index (κ1) is 9.65. The van der Waals surface area contributed by atoms with Crippen LogP contribution in [0.25, 0.3) is 0 Å². The molecular weight excluding hydrogens is 193 g/mol. The summed E-state index contributed by atoms with van der Waals surface area (Å²) in [5.74, 6) is 0.209. The van der Waals surface area contributed by atoms with Gasteiger partial charge in [0.15, 0.2) is 11.6 Å². The fourth-order valence-electron chi connectivity index (χ4n) is 1.21. The smallest absolute Gasteiger partial charge is 0.219 e. The van der Waals surface area contributed by atoms with Crippen molar-refractivity contribution < 1.29 is 9.13 Å². The number of hydrogen-bond donors (Lipinski definition) is 0. The van der Waals surface area contributed by atoms with Crippen molar-refractivity contribution in [3.63, 3.8) is 0 Å². The zero-order chi connectivity index (χ0) is 10.7. The number of aryl methyl sites for hydroxylation is 1. The Morgan fingerprint density at radius 3 is 2.73 bits per heavy atom. The average Bonchev–Trinajstić information content (AvgIpc) is 2.24. The van der Waals surface area contributed by atoms with E-state index in [1.54, 1.807) is 36.5 Å². The van der Waals surface area contributed by atoms with Gasteiger partial charge in [0.05, 0.1) is 0 Å². The van der Waals surface area contributed by atoms with E-state index in [0.29, 0.717) is 5.88 Å². The summed E-state index contributed by atoms with van der Waals surface area (Å²) in [7, 11) is 0. The van der Waals surface area contributed by atoms with Gasteiger partial charge in [0, 0.05) is 12.3 Å². The van der Waals surface area contributed by atoms with E-state index in [2.05, 4.69) is 4.98 Å². The Labute approximate surface area is 87.4 Å². The molecule has 1 aromatic heterocycles. The minimum absolute atomic E-state index is 0.194. The normalized spacial score (nSPS) is 10.0. The van der Waals surface area contributed by atoms with E-state index in [-0.39, 0.29) is 11.6 Å². The Balaban J connectivity index is 2.25. The number of ether oxygens (including phenoxy) is 1. The van der Waals surface area contributed by atoms with Crippen molar-refractivity contribution in [1.29, 1.82) is 0 Å². The summed E-state index contributed by atoms with van der Waals surface area (Å²) >= 11 is 0. The fourth-order valence-corrected chi connectivity index (χ4v) is 1.21. The Bertz CT molecular complexity index is 456. The minimum Gasteiger partial charge on any atom is -0.436 e. The average molecular weight is 203 g/mol. The minimum atomic E-state index is -0.374. The lowest BCUT2D eigenvalue weighted by Crippen LogP contribution is -1.90. The van der Waals surface area contributed by atoms with Crippen molar-refractivity contribution in [3.05, 3.63) is 54.0 Å². The van der Waals surface area contributed by atoms with E-state index in [1.807, 2.05) is 6.92 Å². The van der Waals surface area contributed by atoms with E-state index in [0.717, 1.165) is 5.56 Å².